The van der Waals surface area contributed by atoms with Crippen LogP contribution in [0.25, 0.3) is 0 Å². The Labute approximate surface area is 112 Å². The summed E-state index contributed by atoms with van der Waals surface area (Å²) in [6, 6.07) is 2.87. The summed E-state index contributed by atoms with van der Waals surface area (Å²) in [5, 5.41) is 18.7. The van der Waals surface area contributed by atoms with Gasteiger partial charge in [0, 0.05) is 13.1 Å². The minimum absolute atomic E-state index is 0.0177. The fourth-order valence-corrected chi connectivity index (χ4v) is 2.25. The molecular formula is C11H13F2NO4S. The zero-order chi connectivity index (χ0) is 14.0. The fraction of sp³-hybridized carbons (Fsp3) is 0.545. The van der Waals surface area contributed by atoms with Crippen LogP contribution in [0.15, 0.2) is 16.5 Å². The number of carbonyl (C=O) groups is 1. The van der Waals surface area contributed by atoms with E-state index in [4.69, 9.17) is 4.42 Å². The highest BCUT2D eigenvalue weighted by atomic mass is 32.2. The molecule has 106 valence electrons. The molecule has 19 heavy (non-hydrogen) atoms. The summed E-state index contributed by atoms with van der Waals surface area (Å²) in [7, 11) is 0. The summed E-state index contributed by atoms with van der Waals surface area (Å²) in [5.74, 6) is -2.67. The Morgan fingerprint density at radius 3 is 2.63 bits per heavy atom. The molecule has 0 spiro atoms. The molecule has 5 nitrogen and oxygen atoms in total. The molecule has 0 aliphatic carbocycles. The van der Waals surface area contributed by atoms with E-state index < -0.39 is 23.9 Å². The molecule has 8 heteroatoms. The van der Waals surface area contributed by atoms with Crippen molar-refractivity contribution < 1.29 is 28.2 Å². The third kappa shape index (κ3) is 3.46. The lowest BCUT2D eigenvalue weighted by Crippen LogP contribution is -2.29. The van der Waals surface area contributed by atoms with Crippen molar-refractivity contribution in [3.63, 3.8) is 0 Å². The van der Waals surface area contributed by atoms with Crippen molar-refractivity contribution in [1.82, 2.24) is 4.90 Å². The maximum absolute atomic E-state index is 12.0. The average Bonchev–Trinajstić information content (AvgIpc) is 2.94. The predicted octanol–water partition coefficient (Wildman–Crippen LogP) is 0.913. The number of alkyl halides is 2. The van der Waals surface area contributed by atoms with Gasteiger partial charge in [0.15, 0.2) is 5.76 Å². The van der Waals surface area contributed by atoms with Gasteiger partial charge in [0.05, 0.1) is 18.0 Å². The molecule has 1 saturated heterocycles. The van der Waals surface area contributed by atoms with E-state index in [1.54, 1.807) is 0 Å². The van der Waals surface area contributed by atoms with E-state index in [9.17, 15) is 23.8 Å². The molecule has 1 aromatic rings. The van der Waals surface area contributed by atoms with Crippen LogP contribution in [-0.4, -0.2) is 52.1 Å². The van der Waals surface area contributed by atoms with Crippen molar-refractivity contribution in [3.05, 3.63) is 23.7 Å². The molecule has 2 heterocycles. The Morgan fingerprint density at radius 2 is 2.05 bits per heavy atom. The second-order valence-electron chi connectivity index (χ2n) is 4.18. The summed E-state index contributed by atoms with van der Waals surface area (Å²) in [6.07, 6.45) is -1.93. The first-order valence-corrected chi connectivity index (χ1v) is 6.66. The molecule has 1 aliphatic rings. The monoisotopic (exact) mass is 293 g/mol. The first kappa shape index (κ1) is 14.3. The molecule has 2 atom stereocenters. The zero-order valence-electron chi connectivity index (χ0n) is 9.83. The molecule has 2 rings (SSSR count). The van der Waals surface area contributed by atoms with Crippen molar-refractivity contribution in [1.29, 1.82) is 0 Å². The molecule has 0 aromatic carbocycles. The molecule has 1 amide bonds. The van der Waals surface area contributed by atoms with Crippen LogP contribution >= 0.6 is 11.8 Å². The number of halogens is 2. The number of rotatable bonds is 4. The van der Waals surface area contributed by atoms with Gasteiger partial charge in [-0.05, 0) is 12.1 Å². The number of amides is 1. The van der Waals surface area contributed by atoms with Gasteiger partial charge in [0.25, 0.3) is 11.7 Å². The Balaban J connectivity index is 1.96. The minimum Gasteiger partial charge on any atom is -0.455 e. The summed E-state index contributed by atoms with van der Waals surface area (Å²) in [4.78, 5) is 13.2. The van der Waals surface area contributed by atoms with Gasteiger partial charge in [0.2, 0.25) is 0 Å². The number of likely N-dealkylation sites (tertiary alicyclic amines) is 1. The normalized spacial score (nSPS) is 23.3. The van der Waals surface area contributed by atoms with Gasteiger partial charge in [0.1, 0.15) is 5.76 Å². The Kier molecular flexibility index (Phi) is 4.43. The van der Waals surface area contributed by atoms with Crippen LogP contribution in [-0.2, 0) is 5.75 Å². The van der Waals surface area contributed by atoms with Gasteiger partial charge >= 0.3 is 0 Å². The van der Waals surface area contributed by atoms with Crippen molar-refractivity contribution in [2.75, 3.05) is 13.1 Å². The lowest BCUT2D eigenvalue weighted by atomic mass is 10.3. The minimum atomic E-state index is -2.49. The van der Waals surface area contributed by atoms with Crippen molar-refractivity contribution in [2.45, 2.75) is 23.7 Å². The average molecular weight is 293 g/mol. The van der Waals surface area contributed by atoms with Crippen molar-refractivity contribution in [3.8, 4) is 0 Å². The number of furan rings is 1. The highest BCUT2D eigenvalue weighted by Gasteiger charge is 2.34. The van der Waals surface area contributed by atoms with E-state index in [1.165, 1.54) is 17.0 Å². The molecule has 2 unspecified atom stereocenters. The van der Waals surface area contributed by atoms with Crippen LogP contribution in [0.3, 0.4) is 0 Å². The molecule has 0 saturated carbocycles. The van der Waals surface area contributed by atoms with Crippen LogP contribution in [0, 0.1) is 0 Å². The number of nitrogens with zero attached hydrogens (tertiary/aromatic N) is 1. The van der Waals surface area contributed by atoms with Crippen LogP contribution in [0.2, 0.25) is 0 Å². The second kappa shape index (κ2) is 5.89. The third-order valence-electron chi connectivity index (χ3n) is 2.77. The van der Waals surface area contributed by atoms with E-state index in [0.717, 1.165) is 0 Å². The largest absolute Gasteiger partial charge is 0.455 e. The summed E-state index contributed by atoms with van der Waals surface area (Å²) in [6.45, 7) is 0.0592. The first-order chi connectivity index (χ1) is 8.97. The quantitative estimate of drug-likeness (QED) is 0.863. The van der Waals surface area contributed by atoms with Gasteiger partial charge < -0.3 is 19.5 Å². The van der Waals surface area contributed by atoms with Crippen molar-refractivity contribution >= 4 is 17.7 Å². The number of aliphatic hydroxyl groups is 2. The highest BCUT2D eigenvalue weighted by Crippen LogP contribution is 2.22. The number of hydrogen-bond donors (Lipinski definition) is 2. The number of hydrogen-bond acceptors (Lipinski definition) is 5. The van der Waals surface area contributed by atoms with Gasteiger partial charge in [-0.1, -0.05) is 11.8 Å². The van der Waals surface area contributed by atoms with Gasteiger partial charge in [-0.15, -0.1) is 0 Å². The Hall–Kier alpha value is -1.12. The standard InChI is InChI=1S/C11H13F2NO4S/c12-11(13)19-5-6-1-2-9(18-6)10(17)14-3-7(15)8(16)4-14/h1-2,7-8,11,15-16H,3-5H2. The number of aliphatic hydroxyl groups excluding tert-OH is 2. The van der Waals surface area contributed by atoms with Gasteiger partial charge in [-0.25, -0.2) is 0 Å². The molecule has 0 bridgehead atoms. The zero-order valence-corrected chi connectivity index (χ0v) is 10.6. The summed E-state index contributed by atoms with van der Waals surface area (Å²) in [5.41, 5.74) is 0. The second-order valence-corrected chi connectivity index (χ2v) is 5.16. The van der Waals surface area contributed by atoms with Crippen LogP contribution in [0.1, 0.15) is 16.3 Å². The number of thioether (sulfide) groups is 1. The molecule has 1 fully saturated rings. The maximum atomic E-state index is 12.0. The predicted molar refractivity (Wildman–Crippen MR) is 63.9 cm³/mol. The maximum Gasteiger partial charge on any atom is 0.289 e. The van der Waals surface area contributed by atoms with E-state index in [-0.39, 0.29) is 30.4 Å². The lowest BCUT2D eigenvalue weighted by molar-refractivity contribution is 0.0572. The van der Waals surface area contributed by atoms with Crippen LogP contribution in [0.4, 0.5) is 8.78 Å². The van der Waals surface area contributed by atoms with E-state index in [1.807, 2.05) is 0 Å². The third-order valence-corrected chi connectivity index (χ3v) is 3.47. The van der Waals surface area contributed by atoms with Gasteiger partial charge in [-0.3, -0.25) is 4.79 Å². The van der Waals surface area contributed by atoms with Gasteiger partial charge in [-0.2, -0.15) is 8.78 Å². The molecule has 1 aromatic heterocycles. The Morgan fingerprint density at radius 1 is 1.42 bits per heavy atom. The van der Waals surface area contributed by atoms with E-state index in [0.29, 0.717) is 11.8 Å². The highest BCUT2D eigenvalue weighted by molar-refractivity contribution is 7.98. The smallest absolute Gasteiger partial charge is 0.289 e. The number of β-amino-alcohol motifs (C(OH)–C–C–N with tert-alkyl or cyclic N) is 2. The fourth-order valence-electron chi connectivity index (χ4n) is 1.81. The van der Waals surface area contributed by atoms with Crippen LogP contribution < -0.4 is 0 Å². The summed E-state index contributed by atoms with van der Waals surface area (Å²) < 4.78 is 29.2. The van der Waals surface area contributed by atoms with E-state index >= 15 is 0 Å². The van der Waals surface area contributed by atoms with E-state index in [2.05, 4.69) is 0 Å². The topological polar surface area (TPSA) is 73.9 Å². The van der Waals surface area contributed by atoms with Crippen molar-refractivity contribution in [2.24, 2.45) is 0 Å². The lowest BCUT2D eigenvalue weighted by Gasteiger charge is -2.12. The SMILES string of the molecule is O=C(c1ccc(CSC(F)F)o1)N1CC(O)C(O)C1. The Bertz CT molecular complexity index is 444. The molecule has 1 aliphatic heterocycles. The first-order valence-electron chi connectivity index (χ1n) is 5.61. The summed E-state index contributed by atoms with van der Waals surface area (Å²) >= 11 is 0.410. The molecular weight excluding hydrogens is 280 g/mol. The molecule has 2 N–H and O–H groups in total. The molecule has 0 radical (unpaired) electrons. The number of carbonyl (C=O) groups excluding carboxylic acids is 1. The van der Waals surface area contributed by atoms with Crippen LogP contribution in [0.5, 0.6) is 0 Å².